The highest BCUT2D eigenvalue weighted by atomic mass is 15.1. The number of benzene rings is 8. The second-order valence-corrected chi connectivity index (χ2v) is 12.1. The molecule has 0 aliphatic rings. The molecule has 0 aliphatic carbocycles. The van der Waals surface area contributed by atoms with Crippen molar-refractivity contribution in [2.45, 2.75) is 12.3 Å². The van der Waals surface area contributed by atoms with Crippen LogP contribution < -0.4 is 4.90 Å². The minimum atomic E-state index is 0.250. The molecule has 1 unspecified atom stereocenters. The number of hydrogen-bond donors (Lipinski definition) is 0. The van der Waals surface area contributed by atoms with Crippen LogP contribution in [0.25, 0.3) is 32.7 Å². The Balaban J connectivity index is 1.14. The number of hydrogen-bond acceptors (Lipinski definition) is 1. The fourth-order valence-corrected chi connectivity index (χ4v) is 6.93. The van der Waals surface area contributed by atoms with Gasteiger partial charge in [0, 0.05) is 22.7 Å². The lowest BCUT2D eigenvalue weighted by atomic mass is 9.83. The Morgan fingerprint density at radius 1 is 0.383 bits per heavy atom. The zero-order valence-electron chi connectivity index (χ0n) is 26.2. The summed E-state index contributed by atoms with van der Waals surface area (Å²) in [6.45, 7) is 0. The number of rotatable bonds is 8. The van der Waals surface area contributed by atoms with E-state index in [0.717, 1.165) is 17.8 Å². The van der Waals surface area contributed by atoms with E-state index in [0.29, 0.717) is 0 Å². The third-order valence-electron chi connectivity index (χ3n) is 9.28. The van der Waals surface area contributed by atoms with E-state index in [-0.39, 0.29) is 5.92 Å². The third-order valence-corrected chi connectivity index (χ3v) is 9.28. The largest absolute Gasteiger partial charge is 0.310 e. The van der Waals surface area contributed by atoms with E-state index in [4.69, 9.17) is 0 Å². The van der Waals surface area contributed by atoms with Crippen molar-refractivity contribution >= 4 is 38.6 Å². The molecular weight excluding hydrogens is 567 g/mol. The molecule has 8 aromatic carbocycles. The highest BCUT2D eigenvalue weighted by Gasteiger charge is 2.19. The molecule has 0 spiro atoms. The predicted molar refractivity (Wildman–Crippen MR) is 200 cm³/mol. The molecule has 1 nitrogen and oxygen atoms in total. The van der Waals surface area contributed by atoms with Gasteiger partial charge in [-0.3, -0.25) is 0 Å². The van der Waals surface area contributed by atoms with Gasteiger partial charge >= 0.3 is 0 Å². The maximum absolute atomic E-state index is 2.35. The lowest BCUT2D eigenvalue weighted by Crippen LogP contribution is -2.10. The van der Waals surface area contributed by atoms with Crippen LogP contribution in [-0.2, 0) is 6.42 Å². The second kappa shape index (κ2) is 12.8. The Morgan fingerprint density at radius 2 is 0.894 bits per heavy atom. The van der Waals surface area contributed by atoms with Crippen molar-refractivity contribution in [3.05, 3.63) is 211 Å². The summed E-state index contributed by atoms with van der Waals surface area (Å²) in [4.78, 5) is 2.35. The molecule has 0 saturated carbocycles. The SMILES string of the molecule is c1ccc(CC(c2ccc(-c3ccc(N(c4ccccc4)c4cccc5ccccc45)cc3)cc2)c2cccc3ccccc23)cc1. The van der Waals surface area contributed by atoms with E-state index in [1.807, 2.05) is 0 Å². The van der Waals surface area contributed by atoms with Gasteiger partial charge in [-0.15, -0.1) is 0 Å². The summed E-state index contributed by atoms with van der Waals surface area (Å²) in [6, 6.07) is 70.3. The van der Waals surface area contributed by atoms with Crippen LogP contribution in [0.2, 0.25) is 0 Å². The standard InChI is InChI=1S/C46H35N/c1-3-13-34(14-4-1)33-45(44-23-11-17-37-15-7-9-21-42(37)44)39-27-25-35(26-28-39)36-29-31-41(32-30-36)47(40-19-5-2-6-20-40)46-24-12-18-38-16-8-10-22-43(38)46/h1-32,45H,33H2. The lowest BCUT2D eigenvalue weighted by molar-refractivity contribution is 0.812. The Kier molecular flexibility index (Phi) is 7.79. The molecule has 8 rings (SSSR count). The second-order valence-electron chi connectivity index (χ2n) is 12.1. The molecular formula is C46H35N. The van der Waals surface area contributed by atoms with Gasteiger partial charge in [0.25, 0.3) is 0 Å². The first-order chi connectivity index (χ1) is 23.3. The average molecular weight is 602 g/mol. The molecule has 0 fully saturated rings. The quantitative estimate of drug-likeness (QED) is 0.167. The molecule has 0 N–H and O–H groups in total. The average Bonchev–Trinajstić information content (AvgIpc) is 3.15. The van der Waals surface area contributed by atoms with Gasteiger partial charge in [-0.1, -0.05) is 164 Å². The van der Waals surface area contributed by atoms with Gasteiger partial charge in [-0.05, 0) is 80.7 Å². The van der Waals surface area contributed by atoms with Crippen molar-refractivity contribution in [1.29, 1.82) is 0 Å². The summed E-state index contributed by atoms with van der Waals surface area (Å²) in [7, 11) is 0. The van der Waals surface area contributed by atoms with E-state index >= 15 is 0 Å². The Hall–Kier alpha value is -5.92. The highest BCUT2D eigenvalue weighted by molar-refractivity contribution is 5.99. The molecule has 1 atom stereocenters. The van der Waals surface area contributed by atoms with Gasteiger partial charge in [-0.2, -0.15) is 0 Å². The summed E-state index contributed by atoms with van der Waals surface area (Å²) >= 11 is 0. The first-order valence-electron chi connectivity index (χ1n) is 16.4. The highest BCUT2D eigenvalue weighted by Crippen LogP contribution is 2.40. The molecule has 0 bridgehead atoms. The number of anilines is 3. The molecule has 1 heteroatoms. The summed E-state index contributed by atoms with van der Waals surface area (Å²) in [5.74, 6) is 0.250. The van der Waals surface area contributed by atoms with Gasteiger partial charge in [-0.25, -0.2) is 0 Å². The van der Waals surface area contributed by atoms with Crippen molar-refractivity contribution in [3.8, 4) is 11.1 Å². The summed E-state index contributed by atoms with van der Waals surface area (Å²) in [6.07, 6.45) is 0.951. The van der Waals surface area contributed by atoms with Crippen molar-refractivity contribution in [2.24, 2.45) is 0 Å². The minimum Gasteiger partial charge on any atom is -0.310 e. The van der Waals surface area contributed by atoms with E-state index in [2.05, 4.69) is 199 Å². The Labute approximate surface area is 277 Å². The Morgan fingerprint density at radius 3 is 1.60 bits per heavy atom. The Bertz CT molecular complexity index is 2240. The maximum atomic E-state index is 2.35. The summed E-state index contributed by atoms with van der Waals surface area (Å²) in [5, 5.41) is 5.07. The van der Waals surface area contributed by atoms with E-state index in [9.17, 15) is 0 Å². The van der Waals surface area contributed by atoms with Crippen LogP contribution >= 0.6 is 0 Å². The lowest BCUT2D eigenvalue weighted by Gasteiger charge is -2.27. The van der Waals surface area contributed by atoms with Crippen LogP contribution in [0.3, 0.4) is 0 Å². The smallest absolute Gasteiger partial charge is 0.0540 e. The van der Waals surface area contributed by atoms with E-state index < -0.39 is 0 Å². The van der Waals surface area contributed by atoms with Gasteiger partial charge in [0.1, 0.15) is 0 Å². The van der Waals surface area contributed by atoms with Crippen LogP contribution in [0.1, 0.15) is 22.6 Å². The monoisotopic (exact) mass is 601 g/mol. The minimum absolute atomic E-state index is 0.250. The number of nitrogens with zero attached hydrogens (tertiary/aromatic N) is 1. The van der Waals surface area contributed by atoms with Crippen LogP contribution in [0.15, 0.2) is 194 Å². The topological polar surface area (TPSA) is 3.24 Å². The van der Waals surface area contributed by atoms with Crippen molar-refractivity contribution in [1.82, 2.24) is 0 Å². The maximum Gasteiger partial charge on any atom is 0.0540 e. The fourth-order valence-electron chi connectivity index (χ4n) is 6.93. The van der Waals surface area contributed by atoms with Gasteiger partial charge < -0.3 is 4.90 Å². The molecule has 8 aromatic rings. The molecule has 0 aliphatic heterocycles. The molecule has 47 heavy (non-hydrogen) atoms. The molecule has 0 heterocycles. The van der Waals surface area contributed by atoms with Gasteiger partial charge in [0.05, 0.1) is 5.69 Å². The normalized spacial score (nSPS) is 11.8. The van der Waals surface area contributed by atoms with Crippen LogP contribution in [0, 0.1) is 0 Å². The molecule has 0 aromatic heterocycles. The van der Waals surface area contributed by atoms with Crippen molar-refractivity contribution in [3.63, 3.8) is 0 Å². The zero-order chi connectivity index (χ0) is 31.4. The van der Waals surface area contributed by atoms with Gasteiger partial charge in [0.2, 0.25) is 0 Å². The third kappa shape index (κ3) is 5.80. The number of fused-ring (bicyclic) bond motifs is 2. The van der Waals surface area contributed by atoms with Crippen LogP contribution in [0.5, 0.6) is 0 Å². The zero-order valence-corrected chi connectivity index (χ0v) is 26.2. The van der Waals surface area contributed by atoms with E-state index in [1.165, 1.54) is 55.0 Å². The summed E-state index contributed by atoms with van der Waals surface area (Å²) in [5.41, 5.74) is 9.91. The van der Waals surface area contributed by atoms with Crippen LogP contribution in [0.4, 0.5) is 17.1 Å². The molecule has 224 valence electrons. The molecule has 0 saturated heterocycles. The van der Waals surface area contributed by atoms with Crippen LogP contribution in [-0.4, -0.2) is 0 Å². The summed E-state index contributed by atoms with van der Waals surface area (Å²) < 4.78 is 0. The van der Waals surface area contributed by atoms with Gasteiger partial charge in [0.15, 0.2) is 0 Å². The fraction of sp³-hybridized carbons (Fsp3) is 0.0435. The molecule has 0 amide bonds. The van der Waals surface area contributed by atoms with Crippen molar-refractivity contribution < 1.29 is 0 Å². The van der Waals surface area contributed by atoms with Crippen molar-refractivity contribution in [2.75, 3.05) is 4.90 Å². The first-order valence-corrected chi connectivity index (χ1v) is 16.4. The molecule has 0 radical (unpaired) electrons. The van der Waals surface area contributed by atoms with E-state index in [1.54, 1.807) is 0 Å². The number of para-hydroxylation sites is 1. The first kappa shape index (κ1) is 28.5. The predicted octanol–water partition coefficient (Wildman–Crippen LogP) is 12.5.